The van der Waals surface area contributed by atoms with Gasteiger partial charge < -0.3 is 5.11 Å². The first kappa shape index (κ1) is 8.69. The Bertz CT molecular complexity index is 444. The van der Waals surface area contributed by atoms with Gasteiger partial charge in [0, 0.05) is 6.42 Å². The molecule has 1 N–H and O–H groups in total. The van der Waals surface area contributed by atoms with Crippen LogP contribution >= 0.6 is 0 Å². The van der Waals surface area contributed by atoms with Gasteiger partial charge in [0.15, 0.2) is 5.78 Å². The Kier molecular flexibility index (Phi) is 1.93. The number of allylic oxidation sites excluding steroid dienone is 1. The molecule has 0 amide bonds. The van der Waals surface area contributed by atoms with E-state index in [4.69, 9.17) is 5.11 Å². The Labute approximate surface area is 80.7 Å². The van der Waals surface area contributed by atoms with Crippen molar-refractivity contribution in [2.45, 2.75) is 6.42 Å². The molecule has 0 spiro atoms. The molecule has 0 aromatic heterocycles. The molecular weight excluding hydrogens is 180 g/mol. The minimum Gasteiger partial charge on any atom is -0.478 e. The van der Waals surface area contributed by atoms with Crippen molar-refractivity contribution in [1.29, 1.82) is 0 Å². The number of carbonyl (C=O) groups is 2. The van der Waals surface area contributed by atoms with Gasteiger partial charge in [-0.1, -0.05) is 24.3 Å². The first-order valence-electron chi connectivity index (χ1n) is 4.24. The number of hydrogen-bond donors (Lipinski definition) is 1. The van der Waals surface area contributed by atoms with Crippen LogP contribution in [0.25, 0.3) is 5.57 Å². The van der Waals surface area contributed by atoms with Crippen molar-refractivity contribution in [2.24, 2.45) is 0 Å². The van der Waals surface area contributed by atoms with E-state index in [2.05, 4.69) is 0 Å². The summed E-state index contributed by atoms with van der Waals surface area (Å²) in [6, 6.07) is 7.08. The Morgan fingerprint density at radius 3 is 2.71 bits per heavy atom. The monoisotopic (exact) mass is 188 g/mol. The molecule has 3 heteroatoms. The number of carboxylic acid groups (broad SMARTS) is 1. The molecule has 1 aromatic carbocycles. The molecule has 1 aromatic rings. The van der Waals surface area contributed by atoms with Crippen LogP contribution in [0.2, 0.25) is 0 Å². The summed E-state index contributed by atoms with van der Waals surface area (Å²) in [5.74, 6) is -1.20. The second-order valence-electron chi connectivity index (χ2n) is 3.16. The van der Waals surface area contributed by atoms with Crippen LogP contribution in [0, 0.1) is 0 Å². The molecule has 0 atom stereocenters. The van der Waals surface area contributed by atoms with Crippen molar-refractivity contribution < 1.29 is 14.7 Å². The van der Waals surface area contributed by atoms with Gasteiger partial charge in [-0.2, -0.15) is 0 Å². The van der Waals surface area contributed by atoms with Gasteiger partial charge in [0.2, 0.25) is 0 Å². The highest BCUT2D eigenvalue weighted by Gasteiger charge is 2.20. The summed E-state index contributed by atoms with van der Waals surface area (Å²) in [7, 11) is 0. The molecule has 70 valence electrons. The van der Waals surface area contributed by atoms with Crippen molar-refractivity contribution in [3.63, 3.8) is 0 Å². The number of carboxylic acids is 1. The van der Waals surface area contributed by atoms with Crippen molar-refractivity contribution >= 4 is 17.3 Å². The van der Waals surface area contributed by atoms with Crippen LogP contribution in [0.5, 0.6) is 0 Å². The van der Waals surface area contributed by atoms with E-state index in [1.807, 2.05) is 0 Å². The van der Waals surface area contributed by atoms with Crippen LogP contribution in [0.4, 0.5) is 0 Å². The van der Waals surface area contributed by atoms with E-state index in [0.29, 0.717) is 12.0 Å². The minimum atomic E-state index is -1.05. The van der Waals surface area contributed by atoms with Gasteiger partial charge in [-0.15, -0.1) is 0 Å². The van der Waals surface area contributed by atoms with Crippen LogP contribution in [-0.4, -0.2) is 16.9 Å². The van der Waals surface area contributed by atoms with E-state index in [1.165, 1.54) is 6.08 Å². The maximum absolute atomic E-state index is 11.2. The fourth-order valence-electron chi connectivity index (χ4n) is 1.59. The average molecular weight is 188 g/mol. The molecule has 0 heterocycles. The zero-order chi connectivity index (χ0) is 10.1. The molecule has 0 unspecified atom stereocenters. The standard InChI is InChI=1S/C11H8O3/c12-8-5-7-3-1-2-4-9(7)10(6-8)11(13)14/h1-4,6H,5H2,(H,13,14). The van der Waals surface area contributed by atoms with Gasteiger partial charge in [0.05, 0.1) is 5.57 Å². The number of carbonyl (C=O) groups excluding carboxylic acids is 1. The molecule has 0 saturated heterocycles. The number of benzene rings is 1. The molecule has 0 bridgehead atoms. The van der Waals surface area contributed by atoms with Gasteiger partial charge >= 0.3 is 5.97 Å². The molecule has 1 aliphatic carbocycles. The van der Waals surface area contributed by atoms with E-state index in [9.17, 15) is 9.59 Å². The molecular formula is C11H8O3. The van der Waals surface area contributed by atoms with E-state index < -0.39 is 5.97 Å². The Balaban J connectivity index is 2.61. The van der Waals surface area contributed by atoms with E-state index >= 15 is 0 Å². The highest BCUT2D eigenvalue weighted by Crippen LogP contribution is 2.24. The van der Waals surface area contributed by atoms with E-state index in [1.54, 1.807) is 24.3 Å². The molecule has 2 rings (SSSR count). The molecule has 3 nitrogen and oxygen atoms in total. The van der Waals surface area contributed by atoms with Gasteiger partial charge in [0.1, 0.15) is 0 Å². The van der Waals surface area contributed by atoms with Crippen LogP contribution in [0.3, 0.4) is 0 Å². The molecule has 0 aliphatic heterocycles. The molecule has 0 saturated carbocycles. The first-order chi connectivity index (χ1) is 6.68. The highest BCUT2D eigenvalue weighted by atomic mass is 16.4. The van der Waals surface area contributed by atoms with Gasteiger partial charge in [-0.25, -0.2) is 4.79 Å². The van der Waals surface area contributed by atoms with Crippen molar-refractivity contribution in [3.8, 4) is 0 Å². The van der Waals surface area contributed by atoms with E-state index in [-0.39, 0.29) is 11.4 Å². The Morgan fingerprint density at radius 2 is 2.00 bits per heavy atom. The summed E-state index contributed by atoms with van der Waals surface area (Å²) >= 11 is 0. The number of hydrogen-bond acceptors (Lipinski definition) is 2. The SMILES string of the molecule is O=C1C=C(C(=O)O)c2ccccc2C1. The van der Waals surface area contributed by atoms with Crippen molar-refractivity contribution in [1.82, 2.24) is 0 Å². The zero-order valence-corrected chi connectivity index (χ0v) is 7.36. The first-order valence-corrected chi connectivity index (χ1v) is 4.24. The molecule has 1 aliphatic rings. The summed E-state index contributed by atoms with van der Waals surface area (Å²) in [6.07, 6.45) is 1.50. The maximum atomic E-state index is 11.2. The van der Waals surface area contributed by atoms with Gasteiger partial charge in [0.25, 0.3) is 0 Å². The quantitative estimate of drug-likeness (QED) is 0.722. The topological polar surface area (TPSA) is 54.4 Å². The summed E-state index contributed by atoms with van der Waals surface area (Å²) in [4.78, 5) is 22.0. The minimum absolute atomic E-state index is 0.0943. The van der Waals surface area contributed by atoms with Gasteiger partial charge in [-0.3, -0.25) is 4.79 Å². The Hall–Kier alpha value is -1.90. The summed E-state index contributed by atoms with van der Waals surface area (Å²) in [5, 5.41) is 8.88. The fraction of sp³-hybridized carbons (Fsp3) is 0.0909. The predicted octanol–water partition coefficient (Wildman–Crippen LogP) is 1.28. The molecule has 0 fully saturated rings. The zero-order valence-electron chi connectivity index (χ0n) is 7.36. The fourth-order valence-corrected chi connectivity index (χ4v) is 1.59. The number of fused-ring (bicyclic) bond motifs is 1. The van der Waals surface area contributed by atoms with E-state index in [0.717, 1.165) is 5.56 Å². The number of ketones is 1. The number of aliphatic carboxylic acids is 1. The lowest BCUT2D eigenvalue weighted by Gasteiger charge is -2.13. The lowest BCUT2D eigenvalue weighted by molar-refractivity contribution is -0.130. The van der Waals surface area contributed by atoms with Crippen molar-refractivity contribution in [3.05, 3.63) is 41.5 Å². The van der Waals surface area contributed by atoms with Crippen LogP contribution in [0.15, 0.2) is 30.3 Å². The second kappa shape index (κ2) is 3.10. The average Bonchev–Trinajstić information content (AvgIpc) is 2.16. The third-order valence-electron chi connectivity index (χ3n) is 2.21. The normalized spacial score (nSPS) is 14.6. The molecule has 14 heavy (non-hydrogen) atoms. The smallest absolute Gasteiger partial charge is 0.336 e. The van der Waals surface area contributed by atoms with Crippen molar-refractivity contribution in [2.75, 3.05) is 0 Å². The summed E-state index contributed by atoms with van der Waals surface area (Å²) in [5.41, 5.74) is 1.54. The third-order valence-corrected chi connectivity index (χ3v) is 2.21. The highest BCUT2D eigenvalue weighted by molar-refractivity contribution is 6.22. The Morgan fingerprint density at radius 1 is 1.29 bits per heavy atom. The van der Waals surface area contributed by atoms with Crippen LogP contribution < -0.4 is 0 Å². The maximum Gasteiger partial charge on any atom is 0.336 e. The summed E-state index contributed by atoms with van der Waals surface area (Å²) < 4.78 is 0. The predicted molar refractivity (Wildman–Crippen MR) is 50.8 cm³/mol. The van der Waals surface area contributed by atoms with Crippen LogP contribution in [-0.2, 0) is 16.0 Å². The lowest BCUT2D eigenvalue weighted by Crippen LogP contribution is -2.13. The largest absolute Gasteiger partial charge is 0.478 e. The van der Waals surface area contributed by atoms with Crippen LogP contribution in [0.1, 0.15) is 11.1 Å². The lowest BCUT2D eigenvalue weighted by atomic mass is 9.90. The summed E-state index contributed by atoms with van der Waals surface area (Å²) in [6.45, 7) is 0. The van der Waals surface area contributed by atoms with Gasteiger partial charge in [-0.05, 0) is 17.2 Å². The third kappa shape index (κ3) is 1.33. The number of rotatable bonds is 1. The molecule has 0 radical (unpaired) electrons. The second-order valence-corrected chi connectivity index (χ2v) is 3.16.